The van der Waals surface area contributed by atoms with Crippen LogP contribution < -0.4 is 5.32 Å². The Morgan fingerprint density at radius 1 is 1.32 bits per heavy atom. The van der Waals surface area contributed by atoms with Crippen LogP contribution in [0.1, 0.15) is 13.0 Å². The summed E-state index contributed by atoms with van der Waals surface area (Å²) in [4.78, 5) is 16.1. The van der Waals surface area contributed by atoms with Crippen LogP contribution in [0.2, 0.25) is 0 Å². The lowest BCUT2D eigenvalue weighted by molar-refractivity contribution is -0.119. The number of aromatic nitrogens is 4. The quantitative estimate of drug-likeness (QED) is 0.804. The highest BCUT2D eigenvalue weighted by Gasteiger charge is 2.17. The summed E-state index contributed by atoms with van der Waals surface area (Å²) < 4.78 is 16.7. The van der Waals surface area contributed by atoms with Gasteiger partial charge >= 0.3 is 0 Å². The summed E-state index contributed by atoms with van der Waals surface area (Å²) >= 11 is 0. The second-order valence-electron chi connectivity index (χ2n) is 4.79. The number of hydrogen-bond acceptors (Lipinski definition) is 3. The smallest absolute Gasteiger partial charge is 0.249 e. The Balaban J connectivity index is 1.88. The number of nitrogens with zero attached hydrogens (tertiary/aromatic N) is 4. The van der Waals surface area contributed by atoms with Gasteiger partial charge in [-0.3, -0.25) is 4.79 Å². The van der Waals surface area contributed by atoms with Crippen LogP contribution in [0.5, 0.6) is 0 Å². The first-order valence-electron chi connectivity index (χ1n) is 6.73. The molecule has 6 nitrogen and oxygen atoms in total. The van der Waals surface area contributed by atoms with Crippen molar-refractivity contribution in [1.82, 2.24) is 19.3 Å². The number of amides is 1. The summed E-state index contributed by atoms with van der Waals surface area (Å²) in [5.74, 6) is -0.628. The Bertz CT molecular complexity index is 767. The predicted molar refractivity (Wildman–Crippen MR) is 79.1 cm³/mol. The van der Waals surface area contributed by atoms with E-state index < -0.39 is 6.04 Å². The molecule has 22 heavy (non-hydrogen) atoms. The first-order valence-corrected chi connectivity index (χ1v) is 6.73. The highest BCUT2D eigenvalue weighted by Crippen LogP contribution is 2.22. The van der Waals surface area contributed by atoms with Crippen LogP contribution in [-0.2, 0) is 4.79 Å². The third-order valence-corrected chi connectivity index (χ3v) is 3.31. The standard InChI is InChI=1S/C15H14FN5O/c1-11(21-10-17-9-18-21)15(22)19-13-5-4-12(16)8-14(13)20-6-2-3-7-20/h2-11H,1H3,(H,19,22)/t11-/m0/s1. The Labute approximate surface area is 126 Å². The number of carbonyl (C=O) groups is 1. The Morgan fingerprint density at radius 2 is 2.09 bits per heavy atom. The monoisotopic (exact) mass is 299 g/mol. The molecule has 1 amide bonds. The fourth-order valence-electron chi connectivity index (χ4n) is 2.09. The second kappa shape index (κ2) is 5.80. The average molecular weight is 299 g/mol. The SMILES string of the molecule is C[C@@H](C(=O)Nc1ccc(F)cc1-n1cccc1)n1cncn1. The van der Waals surface area contributed by atoms with Gasteiger partial charge in [-0.15, -0.1) is 0 Å². The molecule has 0 aliphatic heterocycles. The lowest BCUT2D eigenvalue weighted by Gasteiger charge is -2.15. The van der Waals surface area contributed by atoms with E-state index in [9.17, 15) is 9.18 Å². The van der Waals surface area contributed by atoms with E-state index in [1.807, 2.05) is 12.1 Å². The van der Waals surface area contributed by atoms with Gasteiger partial charge in [0.05, 0.1) is 11.4 Å². The summed E-state index contributed by atoms with van der Waals surface area (Å²) in [5.41, 5.74) is 1.08. The molecule has 2 heterocycles. The number of carbonyl (C=O) groups excluding carboxylic acids is 1. The molecule has 1 atom stereocenters. The maximum Gasteiger partial charge on any atom is 0.249 e. The summed E-state index contributed by atoms with van der Waals surface area (Å²) in [5, 5.41) is 6.74. The van der Waals surface area contributed by atoms with E-state index in [0.717, 1.165) is 0 Å². The van der Waals surface area contributed by atoms with Gasteiger partial charge in [0.2, 0.25) is 5.91 Å². The van der Waals surface area contributed by atoms with Crippen LogP contribution in [0.15, 0.2) is 55.4 Å². The zero-order chi connectivity index (χ0) is 15.5. The molecule has 0 unspecified atom stereocenters. The molecule has 3 rings (SSSR count). The number of nitrogens with one attached hydrogen (secondary N) is 1. The number of anilines is 1. The minimum absolute atomic E-state index is 0.259. The Morgan fingerprint density at radius 3 is 2.77 bits per heavy atom. The van der Waals surface area contributed by atoms with E-state index in [1.165, 1.54) is 35.5 Å². The summed E-state index contributed by atoms with van der Waals surface area (Å²) in [6.45, 7) is 1.71. The van der Waals surface area contributed by atoms with E-state index in [-0.39, 0.29) is 11.7 Å². The van der Waals surface area contributed by atoms with Crippen molar-refractivity contribution in [1.29, 1.82) is 0 Å². The zero-order valence-corrected chi connectivity index (χ0v) is 11.8. The first kappa shape index (κ1) is 14.0. The van der Waals surface area contributed by atoms with Gasteiger partial charge in [-0.25, -0.2) is 14.1 Å². The van der Waals surface area contributed by atoms with Crippen molar-refractivity contribution >= 4 is 11.6 Å². The van der Waals surface area contributed by atoms with Gasteiger partial charge in [0.1, 0.15) is 24.5 Å². The van der Waals surface area contributed by atoms with Crippen molar-refractivity contribution in [3.05, 3.63) is 61.2 Å². The first-order chi connectivity index (χ1) is 10.6. The number of benzene rings is 1. The van der Waals surface area contributed by atoms with Crippen molar-refractivity contribution in [3.63, 3.8) is 0 Å². The predicted octanol–water partition coefficient (Wildman–Crippen LogP) is 2.41. The Kier molecular flexibility index (Phi) is 3.69. The van der Waals surface area contributed by atoms with Gasteiger partial charge in [-0.1, -0.05) is 0 Å². The molecule has 0 radical (unpaired) electrons. The average Bonchev–Trinajstić information content (AvgIpc) is 3.21. The lowest BCUT2D eigenvalue weighted by atomic mass is 10.2. The summed E-state index contributed by atoms with van der Waals surface area (Å²) in [7, 11) is 0. The van der Waals surface area contributed by atoms with E-state index in [4.69, 9.17) is 0 Å². The molecular formula is C15H14FN5O. The van der Waals surface area contributed by atoms with E-state index in [0.29, 0.717) is 11.4 Å². The molecule has 7 heteroatoms. The van der Waals surface area contributed by atoms with Crippen LogP contribution in [0.3, 0.4) is 0 Å². The molecule has 0 spiro atoms. The molecule has 0 aliphatic rings. The molecule has 3 aromatic rings. The molecular weight excluding hydrogens is 285 g/mol. The normalized spacial score (nSPS) is 12.1. The minimum Gasteiger partial charge on any atom is -0.322 e. The summed E-state index contributed by atoms with van der Waals surface area (Å²) in [6.07, 6.45) is 6.41. The topological polar surface area (TPSA) is 64.7 Å². The van der Waals surface area contributed by atoms with Gasteiger partial charge in [0.25, 0.3) is 0 Å². The van der Waals surface area contributed by atoms with Crippen LogP contribution in [0.4, 0.5) is 10.1 Å². The van der Waals surface area contributed by atoms with E-state index in [1.54, 1.807) is 23.9 Å². The van der Waals surface area contributed by atoms with Crippen molar-refractivity contribution in [3.8, 4) is 5.69 Å². The van der Waals surface area contributed by atoms with Crippen LogP contribution in [0, 0.1) is 5.82 Å². The van der Waals surface area contributed by atoms with E-state index >= 15 is 0 Å². The fraction of sp³-hybridized carbons (Fsp3) is 0.133. The van der Waals surface area contributed by atoms with Crippen molar-refractivity contribution < 1.29 is 9.18 Å². The van der Waals surface area contributed by atoms with Crippen LogP contribution >= 0.6 is 0 Å². The molecule has 1 aromatic carbocycles. The molecule has 112 valence electrons. The molecule has 0 fully saturated rings. The van der Waals surface area contributed by atoms with Gasteiger partial charge < -0.3 is 9.88 Å². The molecule has 0 saturated heterocycles. The van der Waals surface area contributed by atoms with Gasteiger partial charge in [-0.2, -0.15) is 5.10 Å². The maximum absolute atomic E-state index is 13.5. The van der Waals surface area contributed by atoms with Gasteiger partial charge in [0.15, 0.2) is 0 Å². The lowest BCUT2D eigenvalue weighted by Crippen LogP contribution is -2.24. The third kappa shape index (κ3) is 2.73. The second-order valence-corrected chi connectivity index (χ2v) is 4.79. The fourth-order valence-corrected chi connectivity index (χ4v) is 2.09. The number of rotatable bonds is 4. The zero-order valence-electron chi connectivity index (χ0n) is 11.8. The van der Waals surface area contributed by atoms with Crippen molar-refractivity contribution in [2.75, 3.05) is 5.32 Å². The van der Waals surface area contributed by atoms with E-state index in [2.05, 4.69) is 15.4 Å². The van der Waals surface area contributed by atoms with Crippen molar-refractivity contribution in [2.45, 2.75) is 13.0 Å². The highest BCUT2D eigenvalue weighted by atomic mass is 19.1. The third-order valence-electron chi connectivity index (χ3n) is 3.31. The molecule has 0 bridgehead atoms. The van der Waals surface area contributed by atoms with Crippen molar-refractivity contribution in [2.24, 2.45) is 0 Å². The Hall–Kier alpha value is -2.96. The minimum atomic E-state index is -0.523. The summed E-state index contributed by atoms with van der Waals surface area (Å²) in [6, 6.07) is 7.35. The molecule has 1 N–H and O–H groups in total. The number of halogens is 1. The highest BCUT2D eigenvalue weighted by molar-refractivity contribution is 5.95. The maximum atomic E-state index is 13.5. The van der Waals surface area contributed by atoms with Gasteiger partial charge in [-0.05, 0) is 37.3 Å². The molecule has 0 saturated carbocycles. The largest absolute Gasteiger partial charge is 0.322 e. The van der Waals surface area contributed by atoms with Crippen LogP contribution in [0.25, 0.3) is 5.69 Å². The van der Waals surface area contributed by atoms with Crippen LogP contribution in [-0.4, -0.2) is 25.2 Å². The molecule has 2 aromatic heterocycles. The van der Waals surface area contributed by atoms with Gasteiger partial charge in [0, 0.05) is 12.4 Å². The number of hydrogen-bond donors (Lipinski definition) is 1. The molecule has 0 aliphatic carbocycles.